The Morgan fingerprint density at radius 3 is 2.29 bits per heavy atom. The standard InChI is InChI=1S/C23H28N4O6S/c1-23(2,3)25-21(30)27(34)16-6-9-19(24-14-16)33-22(31)26-12-10-18(11-13-26)32-17-7-4-15(5-8-17)20(28)29/h4-9,14,18,34H,10-13H2,1-3H3,(H,25,30)(H,28,29). The van der Waals surface area contributed by atoms with Crippen LogP contribution in [0.3, 0.4) is 0 Å². The van der Waals surface area contributed by atoms with Crippen LogP contribution >= 0.6 is 12.8 Å². The molecule has 11 heteroatoms. The molecular weight excluding hydrogens is 460 g/mol. The summed E-state index contributed by atoms with van der Waals surface area (Å²) in [4.78, 5) is 41.3. The third kappa shape index (κ3) is 7.01. The van der Waals surface area contributed by atoms with Crippen molar-refractivity contribution in [3.63, 3.8) is 0 Å². The molecule has 0 atom stereocenters. The number of pyridine rings is 1. The minimum Gasteiger partial charge on any atom is -0.490 e. The average Bonchev–Trinajstić information content (AvgIpc) is 2.79. The molecule has 10 nitrogen and oxygen atoms in total. The Hall–Kier alpha value is -3.47. The first kappa shape index (κ1) is 25.2. The summed E-state index contributed by atoms with van der Waals surface area (Å²) in [6, 6.07) is 8.91. The minimum atomic E-state index is -0.989. The maximum Gasteiger partial charge on any atom is 0.416 e. The Bertz CT molecular complexity index is 1020. The summed E-state index contributed by atoms with van der Waals surface area (Å²) in [7, 11) is 0. The van der Waals surface area contributed by atoms with Gasteiger partial charge in [0.15, 0.2) is 0 Å². The number of hydrogen-bond donors (Lipinski definition) is 3. The highest BCUT2D eigenvalue weighted by atomic mass is 32.1. The fraction of sp³-hybridized carbons (Fsp3) is 0.391. The number of carbonyl (C=O) groups is 3. The summed E-state index contributed by atoms with van der Waals surface area (Å²) in [5.74, 6) is -0.287. The maximum absolute atomic E-state index is 12.5. The van der Waals surface area contributed by atoms with E-state index < -0.39 is 23.6 Å². The molecule has 0 unspecified atom stereocenters. The van der Waals surface area contributed by atoms with Crippen molar-refractivity contribution in [3.8, 4) is 11.6 Å². The van der Waals surface area contributed by atoms with Gasteiger partial charge in [0.25, 0.3) is 0 Å². The summed E-state index contributed by atoms with van der Waals surface area (Å²) < 4.78 is 12.4. The summed E-state index contributed by atoms with van der Waals surface area (Å²) in [6.45, 7) is 6.49. The molecule has 34 heavy (non-hydrogen) atoms. The van der Waals surface area contributed by atoms with Crippen LogP contribution in [0.2, 0.25) is 0 Å². The van der Waals surface area contributed by atoms with E-state index in [-0.39, 0.29) is 17.5 Å². The number of ether oxygens (including phenoxy) is 2. The zero-order valence-corrected chi connectivity index (χ0v) is 20.1. The average molecular weight is 489 g/mol. The number of thiol groups is 1. The van der Waals surface area contributed by atoms with E-state index in [1.54, 1.807) is 23.1 Å². The molecule has 0 bridgehead atoms. The largest absolute Gasteiger partial charge is 0.490 e. The number of nitrogens with zero attached hydrogens (tertiary/aromatic N) is 3. The number of hydrogen-bond acceptors (Lipinski definition) is 7. The van der Waals surface area contributed by atoms with Crippen LogP contribution in [0.15, 0.2) is 42.6 Å². The lowest BCUT2D eigenvalue weighted by Gasteiger charge is -2.31. The smallest absolute Gasteiger partial charge is 0.416 e. The van der Waals surface area contributed by atoms with Gasteiger partial charge in [0.05, 0.1) is 17.4 Å². The molecule has 1 aliphatic rings. The van der Waals surface area contributed by atoms with Crippen LogP contribution in [-0.2, 0) is 0 Å². The zero-order chi connectivity index (χ0) is 24.9. The van der Waals surface area contributed by atoms with E-state index in [9.17, 15) is 14.4 Å². The second-order valence-electron chi connectivity index (χ2n) is 8.85. The van der Waals surface area contributed by atoms with E-state index in [2.05, 4.69) is 23.1 Å². The Morgan fingerprint density at radius 1 is 1.12 bits per heavy atom. The predicted molar refractivity (Wildman–Crippen MR) is 129 cm³/mol. The molecule has 0 saturated carbocycles. The molecule has 3 amide bonds. The number of anilines is 1. The summed E-state index contributed by atoms with van der Waals surface area (Å²) in [6.07, 6.45) is 2.02. The first-order chi connectivity index (χ1) is 16.0. The van der Waals surface area contributed by atoms with Crippen LogP contribution in [0.1, 0.15) is 44.0 Å². The molecule has 2 N–H and O–H groups in total. The molecule has 0 aliphatic carbocycles. The number of carboxylic acids is 1. The number of rotatable bonds is 5. The molecule has 0 radical (unpaired) electrons. The fourth-order valence-electron chi connectivity index (χ4n) is 3.23. The molecule has 182 valence electrons. The number of piperidine rings is 1. The van der Waals surface area contributed by atoms with E-state index in [0.717, 1.165) is 4.31 Å². The summed E-state index contributed by atoms with van der Waals surface area (Å²) in [5.41, 5.74) is 0.214. The van der Waals surface area contributed by atoms with Crippen molar-refractivity contribution in [1.82, 2.24) is 15.2 Å². The molecule has 1 fully saturated rings. The number of aromatic nitrogens is 1. The molecule has 1 saturated heterocycles. The van der Waals surface area contributed by atoms with Crippen molar-refractivity contribution >= 4 is 36.6 Å². The number of carboxylic acid groups (broad SMARTS) is 1. The van der Waals surface area contributed by atoms with Gasteiger partial charge in [-0.05, 0) is 51.1 Å². The van der Waals surface area contributed by atoms with Gasteiger partial charge in [-0.25, -0.2) is 23.7 Å². The highest BCUT2D eigenvalue weighted by Crippen LogP contribution is 2.22. The Labute approximate surface area is 203 Å². The second-order valence-corrected chi connectivity index (χ2v) is 9.25. The lowest BCUT2D eigenvalue weighted by Crippen LogP contribution is -2.45. The highest BCUT2D eigenvalue weighted by molar-refractivity contribution is 7.82. The van der Waals surface area contributed by atoms with Crippen molar-refractivity contribution in [1.29, 1.82) is 0 Å². The molecule has 0 spiro atoms. The molecule has 2 aromatic rings. The Balaban J connectivity index is 1.47. The first-order valence-corrected chi connectivity index (χ1v) is 11.2. The molecule has 3 rings (SSSR count). The van der Waals surface area contributed by atoms with E-state index in [4.69, 9.17) is 14.6 Å². The topological polar surface area (TPSA) is 121 Å². The third-order valence-electron chi connectivity index (χ3n) is 4.94. The molecule has 1 aromatic carbocycles. The van der Waals surface area contributed by atoms with Gasteiger partial charge in [-0.1, -0.05) is 12.8 Å². The number of urea groups is 1. The van der Waals surface area contributed by atoms with Gasteiger partial charge >= 0.3 is 18.1 Å². The summed E-state index contributed by atoms with van der Waals surface area (Å²) >= 11 is 4.20. The van der Waals surface area contributed by atoms with Gasteiger partial charge < -0.3 is 24.8 Å². The van der Waals surface area contributed by atoms with Crippen LogP contribution in [0.5, 0.6) is 11.6 Å². The van der Waals surface area contributed by atoms with E-state index in [0.29, 0.717) is 37.4 Å². The van der Waals surface area contributed by atoms with Gasteiger partial charge in [-0.15, -0.1) is 0 Å². The predicted octanol–water partition coefficient (Wildman–Crippen LogP) is 3.98. The number of aromatic carboxylic acids is 1. The van der Waals surface area contributed by atoms with Crippen molar-refractivity contribution in [2.24, 2.45) is 0 Å². The van der Waals surface area contributed by atoms with Gasteiger partial charge in [0, 0.05) is 37.5 Å². The van der Waals surface area contributed by atoms with Crippen LogP contribution in [-0.4, -0.2) is 57.8 Å². The van der Waals surface area contributed by atoms with Gasteiger partial charge in [0.1, 0.15) is 11.9 Å². The summed E-state index contributed by atoms with van der Waals surface area (Å²) in [5, 5.41) is 11.8. The highest BCUT2D eigenvalue weighted by Gasteiger charge is 2.26. The third-order valence-corrected chi connectivity index (χ3v) is 5.35. The number of nitrogens with one attached hydrogen (secondary N) is 1. The molecule has 2 heterocycles. The van der Waals surface area contributed by atoms with E-state index in [1.807, 2.05) is 20.8 Å². The lowest BCUT2D eigenvalue weighted by molar-refractivity contribution is 0.0696. The minimum absolute atomic E-state index is 0.0854. The maximum atomic E-state index is 12.5. The number of amides is 3. The molecule has 1 aromatic heterocycles. The number of carbonyl (C=O) groups excluding carboxylic acids is 2. The van der Waals surface area contributed by atoms with Crippen LogP contribution < -0.4 is 19.1 Å². The van der Waals surface area contributed by atoms with Gasteiger partial charge in [-0.3, -0.25) is 0 Å². The van der Waals surface area contributed by atoms with Crippen LogP contribution in [0.4, 0.5) is 15.3 Å². The first-order valence-electron chi connectivity index (χ1n) is 10.8. The van der Waals surface area contributed by atoms with Crippen molar-refractivity contribution in [2.45, 2.75) is 45.3 Å². The number of likely N-dealkylation sites (tertiary alicyclic amines) is 1. The van der Waals surface area contributed by atoms with Crippen molar-refractivity contribution in [3.05, 3.63) is 48.2 Å². The monoisotopic (exact) mass is 488 g/mol. The Kier molecular flexibility index (Phi) is 7.87. The fourth-order valence-corrected chi connectivity index (χ4v) is 3.40. The van der Waals surface area contributed by atoms with Crippen molar-refractivity contribution in [2.75, 3.05) is 17.4 Å². The number of benzene rings is 1. The molecular formula is C23H28N4O6S. The van der Waals surface area contributed by atoms with Gasteiger partial charge in [-0.2, -0.15) is 0 Å². The second kappa shape index (κ2) is 10.6. The van der Waals surface area contributed by atoms with Gasteiger partial charge in [0.2, 0.25) is 5.88 Å². The van der Waals surface area contributed by atoms with Crippen LogP contribution in [0.25, 0.3) is 0 Å². The SMILES string of the molecule is CC(C)(C)NC(=O)N(S)c1ccc(OC(=O)N2CCC(Oc3ccc(C(=O)O)cc3)CC2)nc1. The lowest BCUT2D eigenvalue weighted by atomic mass is 10.1. The normalized spacial score (nSPS) is 14.3. The van der Waals surface area contributed by atoms with Crippen LogP contribution in [0, 0.1) is 0 Å². The van der Waals surface area contributed by atoms with E-state index in [1.165, 1.54) is 24.4 Å². The molecule has 1 aliphatic heterocycles. The van der Waals surface area contributed by atoms with E-state index >= 15 is 0 Å². The quantitative estimate of drug-likeness (QED) is 0.544. The zero-order valence-electron chi connectivity index (χ0n) is 19.2. The van der Waals surface area contributed by atoms with Crippen molar-refractivity contribution < 1.29 is 29.0 Å². The Morgan fingerprint density at radius 2 is 1.76 bits per heavy atom.